The van der Waals surface area contributed by atoms with Crippen LogP contribution in [0.25, 0.3) is 0 Å². The first-order valence-electron chi connectivity index (χ1n) is 8.64. The minimum Gasteiger partial charge on any atom is -0.385 e. The highest BCUT2D eigenvalue weighted by atomic mass is 16.3. The van der Waals surface area contributed by atoms with Gasteiger partial charge in [0, 0.05) is 25.3 Å². The van der Waals surface area contributed by atoms with E-state index >= 15 is 0 Å². The molecule has 0 radical (unpaired) electrons. The van der Waals surface area contributed by atoms with Crippen LogP contribution >= 0.6 is 0 Å². The summed E-state index contributed by atoms with van der Waals surface area (Å²) in [4.78, 5) is 14.6. The monoisotopic (exact) mass is 340 g/mol. The molecule has 0 saturated carbocycles. The fourth-order valence-electron chi connectivity index (χ4n) is 3.26. The average molecular weight is 340 g/mol. The molecule has 25 heavy (non-hydrogen) atoms. The van der Waals surface area contributed by atoms with Crippen molar-refractivity contribution in [3.05, 3.63) is 54.2 Å². The molecule has 1 aliphatic rings. The van der Waals surface area contributed by atoms with E-state index in [4.69, 9.17) is 0 Å². The molecule has 1 aliphatic heterocycles. The van der Waals surface area contributed by atoms with E-state index in [9.17, 15) is 9.90 Å². The summed E-state index contributed by atoms with van der Waals surface area (Å²) in [6.45, 7) is 3.29. The van der Waals surface area contributed by atoms with E-state index in [1.807, 2.05) is 42.5 Å². The molecule has 6 heteroatoms. The van der Waals surface area contributed by atoms with E-state index in [1.54, 1.807) is 13.1 Å². The second kappa shape index (κ2) is 7.61. The van der Waals surface area contributed by atoms with Gasteiger partial charge in [-0.15, -0.1) is 5.10 Å². The van der Waals surface area contributed by atoms with Crippen LogP contribution in [0.1, 0.15) is 31.7 Å². The molecule has 132 valence electrons. The molecule has 3 rings (SSSR count). The third kappa shape index (κ3) is 4.54. The van der Waals surface area contributed by atoms with Gasteiger partial charge in [0.1, 0.15) is 0 Å². The molecule has 2 unspecified atom stereocenters. The average Bonchev–Trinajstić information content (AvgIpc) is 2.63. The Morgan fingerprint density at radius 1 is 1.32 bits per heavy atom. The van der Waals surface area contributed by atoms with E-state index in [1.165, 1.54) is 0 Å². The van der Waals surface area contributed by atoms with Gasteiger partial charge in [-0.3, -0.25) is 4.79 Å². The highest BCUT2D eigenvalue weighted by Gasteiger charge is 2.29. The van der Waals surface area contributed by atoms with Gasteiger partial charge >= 0.3 is 0 Å². The van der Waals surface area contributed by atoms with Crippen molar-refractivity contribution in [2.75, 3.05) is 18.0 Å². The number of nitrogens with one attached hydrogen (secondary N) is 1. The van der Waals surface area contributed by atoms with Gasteiger partial charge in [0.05, 0.1) is 12.0 Å². The molecule has 1 fully saturated rings. The molecule has 0 aliphatic carbocycles. The van der Waals surface area contributed by atoms with E-state index in [-0.39, 0.29) is 18.4 Å². The predicted molar refractivity (Wildman–Crippen MR) is 96.0 cm³/mol. The first-order valence-corrected chi connectivity index (χ1v) is 8.64. The molecule has 2 aromatic rings. The third-order valence-electron chi connectivity index (χ3n) is 4.57. The van der Waals surface area contributed by atoms with Crippen molar-refractivity contribution >= 4 is 11.7 Å². The summed E-state index contributed by atoms with van der Waals surface area (Å²) in [6, 6.07) is 13.1. The lowest BCUT2D eigenvalue weighted by Gasteiger charge is -2.34. The van der Waals surface area contributed by atoms with Crippen molar-refractivity contribution in [1.29, 1.82) is 0 Å². The van der Waals surface area contributed by atoms with Crippen molar-refractivity contribution in [2.24, 2.45) is 0 Å². The zero-order chi connectivity index (χ0) is 17.7. The zero-order valence-corrected chi connectivity index (χ0v) is 14.4. The molecule has 0 bridgehead atoms. The van der Waals surface area contributed by atoms with Crippen molar-refractivity contribution in [3.63, 3.8) is 0 Å². The van der Waals surface area contributed by atoms with Gasteiger partial charge in [0.15, 0.2) is 5.82 Å². The maximum atomic E-state index is 12.4. The Kier molecular flexibility index (Phi) is 5.28. The summed E-state index contributed by atoms with van der Waals surface area (Å²) in [7, 11) is 0. The van der Waals surface area contributed by atoms with Gasteiger partial charge in [-0.05, 0) is 37.5 Å². The SMILES string of the molecule is CC(O)(CC(=O)NC1CCCN(c2cccnn2)C1)c1ccccc1. The number of amides is 1. The van der Waals surface area contributed by atoms with Crippen LogP contribution in [-0.2, 0) is 10.4 Å². The van der Waals surface area contributed by atoms with Gasteiger partial charge in [-0.25, -0.2) is 0 Å². The Balaban J connectivity index is 1.57. The van der Waals surface area contributed by atoms with Gasteiger partial charge in [-0.2, -0.15) is 5.10 Å². The molecule has 6 nitrogen and oxygen atoms in total. The molecule has 1 aromatic carbocycles. The highest BCUT2D eigenvalue weighted by Crippen LogP contribution is 2.24. The van der Waals surface area contributed by atoms with Crippen molar-refractivity contribution in [3.8, 4) is 0 Å². The lowest BCUT2D eigenvalue weighted by atomic mass is 9.92. The standard InChI is InChI=1S/C19H24N4O2/c1-19(25,15-7-3-2-4-8-15)13-18(24)21-16-9-6-12-23(14-16)17-10-5-11-20-22-17/h2-5,7-8,10-11,16,25H,6,9,12-14H2,1H3,(H,21,24). The van der Waals surface area contributed by atoms with Crippen molar-refractivity contribution in [1.82, 2.24) is 15.5 Å². The summed E-state index contributed by atoms with van der Waals surface area (Å²) in [6.07, 6.45) is 3.60. The number of hydrogen-bond acceptors (Lipinski definition) is 5. The maximum Gasteiger partial charge on any atom is 0.223 e. The van der Waals surface area contributed by atoms with Crippen LogP contribution in [0.2, 0.25) is 0 Å². The summed E-state index contributed by atoms with van der Waals surface area (Å²) in [5, 5.41) is 21.7. The molecular formula is C19H24N4O2. The Bertz CT molecular complexity index is 691. The number of aromatic nitrogens is 2. The van der Waals surface area contributed by atoms with E-state index in [0.717, 1.165) is 30.8 Å². The van der Waals surface area contributed by atoms with Gasteiger partial charge in [0.25, 0.3) is 0 Å². The summed E-state index contributed by atoms with van der Waals surface area (Å²) >= 11 is 0. The Hall–Kier alpha value is -2.47. The Morgan fingerprint density at radius 3 is 2.84 bits per heavy atom. The molecule has 2 heterocycles. The number of carbonyl (C=O) groups is 1. The maximum absolute atomic E-state index is 12.4. The minimum absolute atomic E-state index is 0.0403. The Morgan fingerprint density at radius 2 is 2.12 bits per heavy atom. The largest absolute Gasteiger partial charge is 0.385 e. The van der Waals surface area contributed by atoms with Crippen LogP contribution in [0, 0.1) is 0 Å². The topological polar surface area (TPSA) is 78.4 Å². The van der Waals surface area contributed by atoms with E-state index < -0.39 is 5.60 Å². The van der Waals surface area contributed by atoms with Crippen LogP contribution in [0.4, 0.5) is 5.82 Å². The van der Waals surface area contributed by atoms with E-state index in [0.29, 0.717) is 6.54 Å². The number of nitrogens with zero attached hydrogens (tertiary/aromatic N) is 3. The number of carbonyl (C=O) groups excluding carboxylic acids is 1. The molecule has 1 aromatic heterocycles. The van der Waals surface area contributed by atoms with Gasteiger partial charge in [-0.1, -0.05) is 30.3 Å². The smallest absolute Gasteiger partial charge is 0.223 e. The second-order valence-corrected chi connectivity index (χ2v) is 6.75. The summed E-state index contributed by atoms with van der Waals surface area (Å²) < 4.78 is 0. The fourth-order valence-corrected chi connectivity index (χ4v) is 3.26. The minimum atomic E-state index is -1.18. The highest BCUT2D eigenvalue weighted by molar-refractivity contribution is 5.77. The van der Waals surface area contributed by atoms with Crippen LogP contribution < -0.4 is 10.2 Å². The summed E-state index contributed by atoms with van der Waals surface area (Å²) in [5.41, 5.74) is -0.431. The summed E-state index contributed by atoms with van der Waals surface area (Å²) in [5.74, 6) is 0.692. The lowest BCUT2D eigenvalue weighted by molar-refractivity contribution is -0.126. The number of anilines is 1. The fraction of sp³-hybridized carbons (Fsp3) is 0.421. The quantitative estimate of drug-likeness (QED) is 0.869. The number of piperidine rings is 1. The van der Waals surface area contributed by atoms with Crippen LogP contribution in [-0.4, -0.2) is 40.3 Å². The molecule has 2 N–H and O–H groups in total. The predicted octanol–water partition coefficient (Wildman–Crippen LogP) is 1.86. The number of rotatable bonds is 5. The van der Waals surface area contributed by atoms with Gasteiger partial charge in [0.2, 0.25) is 5.91 Å². The zero-order valence-electron chi connectivity index (χ0n) is 14.4. The van der Waals surface area contributed by atoms with Gasteiger partial charge < -0.3 is 15.3 Å². The van der Waals surface area contributed by atoms with Crippen molar-refractivity contribution < 1.29 is 9.90 Å². The van der Waals surface area contributed by atoms with Crippen LogP contribution in [0.3, 0.4) is 0 Å². The first-order chi connectivity index (χ1) is 12.0. The first kappa shape index (κ1) is 17.4. The van der Waals surface area contributed by atoms with Crippen molar-refractivity contribution in [2.45, 2.75) is 37.8 Å². The molecular weight excluding hydrogens is 316 g/mol. The molecule has 2 atom stereocenters. The third-order valence-corrected chi connectivity index (χ3v) is 4.57. The number of benzene rings is 1. The Labute approximate surface area is 147 Å². The van der Waals surface area contributed by atoms with Crippen LogP contribution in [0.5, 0.6) is 0 Å². The second-order valence-electron chi connectivity index (χ2n) is 6.75. The normalized spacial score (nSPS) is 19.9. The van der Waals surface area contributed by atoms with Crippen LogP contribution in [0.15, 0.2) is 48.7 Å². The number of hydrogen-bond donors (Lipinski definition) is 2. The number of aliphatic hydroxyl groups is 1. The molecule has 1 saturated heterocycles. The lowest BCUT2D eigenvalue weighted by Crippen LogP contribution is -2.49. The molecule has 0 spiro atoms. The molecule has 1 amide bonds. The van der Waals surface area contributed by atoms with E-state index in [2.05, 4.69) is 20.4 Å².